The number of fused-ring (bicyclic) bond motifs is 1. The van der Waals surface area contributed by atoms with Crippen LogP contribution in [0, 0.1) is 0 Å². The number of aromatic nitrogens is 1. The second-order valence-electron chi connectivity index (χ2n) is 9.10. The number of benzene rings is 3. The monoisotopic (exact) mass is 570 g/mol. The minimum Gasteiger partial charge on any atom is -0.422 e. The molecule has 0 fully saturated rings. The lowest BCUT2D eigenvalue weighted by atomic mass is 9.98. The van der Waals surface area contributed by atoms with Gasteiger partial charge >= 0.3 is 5.63 Å². The van der Waals surface area contributed by atoms with Gasteiger partial charge in [0.25, 0.3) is 0 Å². The van der Waals surface area contributed by atoms with Gasteiger partial charge in [-0.25, -0.2) is 14.8 Å². The van der Waals surface area contributed by atoms with Crippen LogP contribution < -0.4 is 15.5 Å². The van der Waals surface area contributed by atoms with E-state index in [1.165, 1.54) is 0 Å². The molecule has 3 heterocycles. The van der Waals surface area contributed by atoms with E-state index in [0.717, 1.165) is 37.5 Å². The molecule has 6 nitrogen and oxygen atoms in total. The molecule has 1 atom stereocenters. The van der Waals surface area contributed by atoms with E-state index in [1.54, 1.807) is 17.4 Å². The van der Waals surface area contributed by atoms with Crippen molar-refractivity contribution in [3.63, 3.8) is 0 Å². The highest BCUT2D eigenvalue weighted by molar-refractivity contribution is 9.10. The molecule has 0 saturated heterocycles. The van der Waals surface area contributed by atoms with E-state index >= 15 is 0 Å². The third kappa shape index (κ3) is 4.58. The average molecular weight is 572 g/mol. The zero-order chi connectivity index (χ0) is 25.5. The van der Waals surface area contributed by atoms with Gasteiger partial charge in [0.15, 0.2) is 0 Å². The lowest BCUT2D eigenvalue weighted by Gasteiger charge is -2.22. The average Bonchev–Trinajstić information content (AvgIpc) is 3.57. The van der Waals surface area contributed by atoms with Gasteiger partial charge in [-0.2, -0.15) is 5.10 Å². The van der Waals surface area contributed by atoms with Gasteiger partial charge in [-0.3, -0.25) is 0 Å². The molecular weight excluding hydrogens is 548 g/mol. The fourth-order valence-electron chi connectivity index (χ4n) is 4.49. The minimum atomic E-state index is -0.379. The number of anilines is 2. The predicted molar refractivity (Wildman–Crippen MR) is 155 cm³/mol. The molecule has 5 aromatic rings. The Balaban J connectivity index is 1.42. The Bertz CT molecular complexity index is 1670. The van der Waals surface area contributed by atoms with E-state index in [9.17, 15) is 4.79 Å². The largest absolute Gasteiger partial charge is 0.422 e. The normalized spacial score (nSPS) is 15.3. The van der Waals surface area contributed by atoms with E-state index in [2.05, 4.69) is 45.1 Å². The predicted octanol–water partition coefficient (Wildman–Crippen LogP) is 7.10. The van der Waals surface area contributed by atoms with Crippen LogP contribution in [0.1, 0.15) is 23.6 Å². The molecule has 0 bridgehead atoms. The van der Waals surface area contributed by atoms with Crippen LogP contribution in [0.25, 0.3) is 22.2 Å². The Kier molecular flexibility index (Phi) is 6.14. The summed E-state index contributed by atoms with van der Waals surface area (Å²) in [5, 5.41) is 10.6. The van der Waals surface area contributed by atoms with Crippen molar-refractivity contribution in [1.82, 2.24) is 4.98 Å². The highest BCUT2D eigenvalue weighted by Crippen LogP contribution is 2.39. The Labute approximate surface area is 226 Å². The molecule has 3 aromatic carbocycles. The summed E-state index contributed by atoms with van der Waals surface area (Å²) >= 11 is 5.04. The van der Waals surface area contributed by atoms with E-state index in [1.807, 2.05) is 73.0 Å². The number of rotatable bonds is 5. The van der Waals surface area contributed by atoms with Crippen molar-refractivity contribution in [2.45, 2.75) is 12.5 Å². The Morgan fingerprint density at radius 1 is 1.03 bits per heavy atom. The van der Waals surface area contributed by atoms with E-state index in [-0.39, 0.29) is 11.7 Å². The second kappa shape index (κ2) is 9.61. The van der Waals surface area contributed by atoms with E-state index < -0.39 is 0 Å². The molecule has 1 aliphatic heterocycles. The van der Waals surface area contributed by atoms with Crippen molar-refractivity contribution in [2.75, 3.05) is 24.0 Å². The molecule has 0 saturated carbocycles. The third-order valence-corrected chi connectivity index (χ3v) is 7.84. The Hall–Kier alpha value is -3.75. The molecule has 0 amide bonds. The molecule has 0 N–H and O–H groups in total. The van der Waals surface area contributed by atoms with Crippen molar-refractivity contribution in [1.29, 1.82) is 0 Å². The fraction of sp³-hybridized carbons (Fsp3) is 0.138. The lowest BCUT2D eigenvalue weighted by molar-refractivity contribution is 0.559. The first-order chi connectivity index (χ1) is 18.0. The zero-order valence-corrected chi connectivity index (χ0v) is 22.7. The summed E-state index contributed by atoms with van der Waals surface area (Å²) in [4.78, 5) is 20.0. The summed E-state index contributed by atoms with van der Waals surface area (Å²) < 4.78 is 6.65. The number of hydrogen-bond acceptors (Lipinski definition) is 7. The smallest absolute Gasteiger partial charge is 0.345 e. The maximum Gasteiger partial charge on any atom is 0.345 e. The standard InChI is InChI=1S/C29H23BrN4O2S/c1-33(2)22-13-9-19(10-14-22)26-16-24(23-15-20-5-3-4-6-27(20)36-28(23)35)32-34(26)29-31-25(17-37-29)18-7-11-21(30)12-8-18/h3-15,17,26H,16H2,1-2H3. The number of halogens is 1. The first-order valence-corrected chi connectivity index (χ1v) is 13.5. The van der Waals surface area contributed by atoms with Gasteiger partial charge in [0.05, 0.1) is 23.0 Å². The maximum absolute atomic E-state index is 13.0. The molecule has 37 heavy (non-hydrogen) atoms. The summed E-state index contributed by atoms with van der Waals surface area (Å²) in [5.74, 6) is 0. The number of para-hydroxylation sites is 1. The highest BCUT2D eigenvalue weighted by atomic mass is 79.9. The van der Waals surface area contributed by atoms with Crippen molar-refractivity contribution in [3.8, 4) is 11.3 Å². The number of hydrazone groups is 1. The Morgan fingerprint density at radius 3 is 2.54 bits per heavy atom. The van der Waals surface area contributed by atoms with Crippen LogP contribution in [0.15, 0.2) is 103 Å². The second-order valence-corrected chi connectivity index (χ2v) is 10.9. The molecule has 184 valence electrons. The van der Waals surface area contributed by atoms with Crippen molar-refractivity contribution in [3.05, 3.63) is 110 Å². The van der Waals surface area contributed by atoms with Crippen LogP contribution in [0.2, 0.25) is 0 Å². The highest BCUT2D eigenvalue weighted by Gasteiger charge is 2.33. The van der Waals surface area contributed by atoms with Gasteiger partial charge < -0.3 is 9.32 Å². The molecule has 0 radical (unpaired) electrons. The molecule has 6 rings (SSSR count). The quantitative estimate of drug-likeness (QED) is 0.211. The molecule has 0 spiro atoms. The van der Waals surface area contributed by atoms with Crippen LogP contribution in [-0.2, 0) is 0 Å². The molecule has 8 heteroatoms. The van der Waals surface area contributed by atoms with Crippen molar-refractivity contribution in [2.24, 2.45) is 5.10 Å². The summed E-state index contributed by atoms with van der Waals surface area (Å²) in [5.41, 5.74) is 5.53. The first kappa shape index (κ1) is 23.6. The van der Waals surface area contributed by atoms with E-state index in [4.69, 9.17) is 14.5 Å². The fourth-order valence-corrected chi connectivity index (χ4v) is 5.59. The molecule has 0 aliphatic carbocycles. The number of hydrogen-bond donors (Lipinski definition) is 0. The number of nitrogens with zero attached hydrogens (tertiary/aromatic N) is 4. The third-order valence-electron chi connectivity index (χ3n) is 6.48. The summed E-state index contributed by atoms with van der Waals surface area (Å²) in [6.45, 7) is 0. The van der Waals surface area contributed by atoms with Gasteiger partial charge in [-0.05, 0) is 42.0 Å². The Morgan fingerprint density at radius 2 is 1.78 bits per heavy atom. The van der Waals surface area contributed by atoms with Crippen LogP contribution >= 0.6 is 27.3 Å². The lowest BCUT2D eigenvalue weighted by Crippen LogP contribution is -2.18. The summed E-state index contributed by atoms with van der Waals surface area (Å²) in [6.07, 6.45) is 0.567. The zero-order valence-electron chi connectivity index (χ0n) is 20.3. The topological polar surface area (TPSA) is 61.9 Å². The first-order valence-electron chi connectivity index (χ1n) is 11.8. The van der Waals surface area contributed by atoms with Gasteiger partial charge in [0.1, 0.15) is 5.58 Å². The van der Waals surface area contributed by atoms with Gasteiger partial charge in [0.2, 0.25) is 5.13 Å². The summed E-state index contributed by atoms with van der Waals surface area (Å²) in [7, 11) is 4.05. The SMILES string of the molecule is CN(C)c1ccc(C2CC(c3cc4ccccc4oc3=O)=NN2c2nc(-c3ccc(Br)cc3)cs2)cc1. The molecular formula is C29H23BrN4O2S. The molecule has 1 unspecified atom stereocenters. The van der Waals surface area contributed by atoms with Gasteiger partial charge in [-0.1, -0.05) is 58.4 Å². The van der Waals surface area contributed by atoms with E-state index in [0.29, 0.717) is 23.3 Å². The van der Waals surface area contributed by atoms with Crippen molar-refractivity contribution >= 4 is 54.8 Å². The molecule has 1 aliphatic rings. The van der Waals surface area contributed by atoms with Crippen LogP contribution in [-0.4, -0.2) is 24.8 Å². The number of thiazole rings is 1. The summed E-state index contributed by atoms with van der Waals surface area (Å²) in [6, 6.07) is 25.9. The van der Waals surface area contributed by atoms with Crippen LogP contribution in [0.3, 0.4) is 0 Å². The van der Waals surface area contributed by atoms with Crippen LogP contribution in [0.5, 0.6) is 0 Å². The van der Waals surface area contributed by atoms with Gasteiger partial charge in [-0.15, -0.1) is 11.3 Å². The van der Waals surface area contributed by atoms with Crippen molar-refractivity contribution < 1.29 is 4.42 Å². The minimum absolute atomic E-state index is 0.0963. The molecule has 2 aromatic heterocycles. The van der Waals surface area contributed by atoms with Crippen LogP contribution in [0.4, 0.5) is 10.8 Å². The maximum atomic E-state index is 13.0. The van der Waals surface area contributed by atoms with Gasteiger partial charge in [0, 0.05) is 47.0 Å².